The zero-order chi connectivity index (χ0) is 21.6. The van der Waals surface area contributed by atoms with E-state index >= 15 is 0 Å². The molecule has 2 aromatic rings. The molecule has 1 N–H and O–H groups in total. The van der Waals surface area contributed by atoms with Crippen molar-refractivity contribution in [3.63, 3.8) is 0 Å². The number of carbonyl (C=O) groups is 1. The Morgan fingerprint density at radius 1 is 1.07 bits per heavy atom. The summed E-state index contributed by atoms with van der Waals surface area (Å²) in [6, 6.07) is 10.8. The number of hydrogen-bond acceptors (Lipinski definition) is 4. The van der Waals surface area contributed by atoms with Crippen LogP contribution in [0.5, 0.6) is 5.75 Å². The molecule has 0 saturated carbocycles. The maximum absolute atomic E-state index is 12.9. The Bertz CT molecular complexity index is 967. The molecule has 0 heterocycles. The van der Waals surface area contributed by atoms with Crippen LogP contribution in [0.4, 0.5) is 5.69 Å². The van der Waals surface area contributed by atoms with Crippen molar-refractivity contribution in [2.24, 2.45) is 0 Å². The zero-order valence-electron chi connectivity index (χ0n) is 17.8. The molecule has 0 aliphatic heterocycles. The molecule has 0 aromatic heterocycles. The van der Waals surface area contributed by atoms with Crippen molar-refractivity contribution in [2.75, 3.05) is 25.0 Å². The van der Waals surface area contributed by atoms with Gasteiger partial charge >= 0.3 is 0 Å². The Hall–Kier alpha value is -2.38. The minimum absolute atomic E-state index is 0.150. The van der Waals surface area contributed by atoms with Crippen LogP contribution in [0.25, 0.3) is 0 Å². The van der Waals surface area contributed by atoms with E-state index in [-0.39, 0.29) is 17.4 Å². The molecule has 6 nitrogen and oxygen atoms in total. The molecule has 0 aliphatic carbocycles. The summed E-state index contributed by atoms with van der Waals surface area (Å²) in [5.74, 6) is 0.340. The Morgan fingerprint density at radius 3 is 2.34 bits per heavy atom. The van der Waals surface area contributed by atoms with Crippen molar-refractivity contribution in [3.8, 4) is 5.75 Å². The number of nitrogens with one attached hydrogen (secondary N) is 1. The first-order chi connectivity index (χ1) is 13.7. The molecule has 0 unspecified atom stereocenters. The topological polar surface area (TPSA) is 75.7 Å². The Labute approximate surface area is 173 Å². The lowest BCUT2D eigenvalue weighted by atomic mass is 10.1. The molecule has 7 heteroatoms. The van der Waals surface area contributed by atoms with Crippen LogP contribution in [-0.4, -0.2) is 38.3 Å². The standard InChI is InChI=1S/C22H30N2O4S/c1-6-18-11-9-10-12-21(18)28-15-22(25)23-20-14-19(13-16(4)17(20)5)29(26,27)24(7-2)8-3/h9-14H,6-8,15H2,1-5H3,(H,23,25). The molecule has 0 atom stereocenters. The first-order valence-electron chi connectivity index (χ1n) is 9.86. The van der Waals surface area contributed by atoms with Gasteiger partial charge in [0, 0.05) is 18.8 Å². The van der Waals surface area contributed by atoms with Gasteiger partial charge in [0.25, 0.3) is 5.91 Å². The predicted octanol–water partition coefficient (Wildman–Crippen LogP) is 3.91. The normalized spacial score (nSPS) is 11.5. The number of carbonyl (C=O) groups excluding carboxylic acids is 1. The first-order valence-corrected chi connectivity index (χ1v) is 11.3. The van der Waals surface area contributed by atoms with Gasteiger partial charge in [-0.2, -0.15) is 4.31 Å². The van der Waals surface area contributed by atoms with Gasteiger partial charge in [-0.15, -0.1) is 0 Å². The number of anilines is 1. The average molecular weight is 419 g/mol. The molecule has 29 heavy (non-hydrogen) atoms. The van der Waals surface area contributed by atoms with Crippen LogP contribution in [0.1, 0.15) is 37.5 Å². The van der Waals surface area contributed by atoms with Crippen LogP contribution in [-0.2, 0) is 21.2 Å². The van der Waals surface area contributed by atoms with E-state index in [1.807, 2.05) is 45.0 Å². The fourth-order valence-electron chi connectivity index (χ4n) is 3.08. The summed E-state index contributed by atoms with van der Waals surface area (Å²) in [7, 11) is -3.61. The highest BCUT2D eigenvalue weighted by Crippen LogP contribution is 2.26. The number of sulfonamides is 1. The Kier molecular flexibility index (Phi) is 7.81. The molecule has 0 fully saturated rings. The minimum atomic E-state index is -3.61. The van der Waals surface area contributed by atoms with E-state index in [0.717, 1.165) is 23.1 Å². The van der Waals surface area contributed by atoms with Crippen molar-refractivity contribution >= 4 is 21.6 Å². The summed E-state index contributed by atoms with van der Waals surface area (Å²) in [6.07, 6.45) is 0.807. The average Bonchev–Trinajstić information content (AvgIpc) is 2.70. The van der Waals surface area contributed by atoms with E-state index in [1.54, 1.807) is 19.9 Å². The van der Waals surface area contributed by atoms with Crippen LogP contribution in [0.3, 0.4) is 0 Å². The number of hydrogen-bond donors (Lipinski definition) is 1. The van der Waals surface area contributed by atoms with Crippen LogP contribution in [0, 0.1) is 13.8 Å². The summed E-state index contributed by atoms with van der Waals surface area (Å²) < 4.78 is 32.8. The van der Waals surface area contributed by atoms with Crippen LogP contribution in [0.2, 0.25) is 0 Å². The predicted molar refractivity (Wildman–Crippen MR) is 116 cm³/mol. The lowest BCUT2D eigenvalue weighted by molar-refractivity contribution is -0.118. The van der Waals surface area contributed by atoms with Gasteiger partial charge in [0.2, 0.25) is 10.0 Å². The number of aryl methyl sites for hydroxylation is 2. The second-order valence-electron chi connectivity index (χ2n) is 6.80. The summed E-state index contributed by atoms with van der Waals surface area (Å²) in [5.41, 5.74) is 3.13. The van der Waals surface area contributed by atoms with Crippen molar-refractivity contribution < 1.29 is 17.9 Å². The van der Waals surface area contributed by atoms with Gasteiger partial charge in [0.15, 0.2) is 6.61 Å². The summed E-state index contributed by atoms with van der Waals surface area (Å²) in [4.78, 5) is 12.6. The molecule has 0 saturated heterocycles. The van der Waals surface area contributed by atoms with E-state index in [1.165, 1.54) is 10.4 Å². The quantitative estimate of drug-likeness (QED) is 0.670. The number of amides is 1. The fourth-order valence-corrected chi connectivity index (χ4v) is 4.65. The third-order valence-electron chi connectivity index (χ3n) is 4.97. The fraction of sp³-hybridized carbons (Fsp3) is 0.409. The third-order valence-corrected chi connectivity index (χ3v) is 7.00. The summed E-state index contributed by atoms with van der Waals surface area (Å²) in [6.45, 7) is 9.94. The van der Waals surface area contributed by atoms with Gasteiger partial charge in [0.1, 0.15) is 5.75 Å². The summed E-state index contributed by atoms with van der Waals surface area (Å²) >= 11 is 0. The second kappa shape index (κ2) is 9.89. The van der Waals surface area contributed by atoms with Gasteiger partial charge in [-0.1, -0.05) is 39.0 Å². The number of nitrogens with zero attached hydrogens (tertiary/aromatic N) is 1. The molecule has 0 bridgehead atoms. The van der Waals surface area contributed by atoms with Gasteiger partial charge < -0.3 is 10.1 Å². The maximum atomic E-state index is 12.9. The lowest BCUT2D eigenvalue weighted by Gasteiger charge is -2.20. The molecule has 0 spiro atoms. The number of ether oxygens (including phenoxy) is 1. The van der Waals surface area contributed by atoms with Crippen molar-refractivity contribution in [3.05, 3.63) is 53.1 Å². The Balaban J connectivity index is 2.22. The van der Waals surface area contributed by atoms with Crippen LogP contribution in [0.15, 0.2) is 41.3 Å². The number of benzene rings is 2. The summed E-state index contributed by atoms with van der Waals surface area (Å²) in [5, 5.41) is 2.80. The number of rotatable bonds is 9. The molecule has 0 radical (unpaired) electrons. The van der Waals surface area contributed by atoms with Gasteiger partial charge in [-0.3, -0.25) is 4.79 Å². The third kappa shape index (κ3) is 5.36. The molecule has 2 rings (SSSR count). The minimum Gasteiger partial charge on any atom is -0.483 e. The van der Waals surface area contributed by atoms with Crippen molar-refractivity contribution in [1.82, 2.24) is 4.31 Å². The lowest BCUT2D eigenvalue weighted by Crippen LogP contribution is -2.31. The highest BCUT2D eigenvalue weighted by molar-refractivity contribution is 7.89. The van der Waals surface area contributed by atoms with Gasteiger partial charge in [-0.05, 0) is 55.2 Å². The second-order valence-corrected chi connectivity index (χ2v) is 8.74. The molecule has 158 valence electrons. The highest BCUT2D eigenvalue weighted by atomic mass is 32.2. The molecule has 0 aliphatic rings. The monoisotopic (exact) mass is 418 g/mol. The SMILES string of the molecule is CCc1ccccc1OCC(=O)Nc1cc(S(=O)(=O)N(CC)CC)cc(C)c1C. The van der Waals surface area contributed by atoms with Crippen molar-refractivity contribution in [1.29, 1.82) is 0 Å². The molecular weight excluding hydrogens is 388 g/mol. The van der Waals surface area contributed by atoms with Crippen LogP contribution >= 0.6 is 0 Å². The largest absolute Gasteiger partial charge is 0.483 e. The van der Waals surface area contributed by atoms with Gasteiger partial charge in [0.05, 0.1) is 4.90 Å². The molecule has 2 aromatic carbocycles. The maximum Gasteiger partial charge on any atom is 0.262 e. The van der Waals surface area contributed by atoms with Gasteiger partial charge in [-0.25, -0.2) is 8.42 Å². The van der Waals surface area contributed by atoms with E-state index in [0.29, 0.717) is 24.5 Å². The van der Waals surface area contributed by atoms with E-state index < -0.39 is 10.0 Å². The van der Waals surface area contributed by atoms with Crippen molar-refractivity contribution in [2.45, 2.75) is 45.9 Å². The van der Waals surface area contributed by atoms with E-state index in [2.05, 4.69) is 5.32 Å². The zero-order valence-corrected chi connectivity index (χ0v) is 18.6. The Morgan fingerprint density at radius 2 is 1.72 bits per heavy atom. The van der Waals surface area contributed by atoms with Crippen LogP contribution < -0.4 is 10.1 Å². The first kappa shape index (κ1) is 22.9. The molecule has 1 amide bonds. The van der Waals surface area contributed by atoms with E-state index in [9.17, 15) is 13.2 Å². The highest BCUT2D eigenvalue weighted by Gasteiger charge is 2.23. The number of para-hydroxylation sites is 1. The molecular formula is C22H30N2O4S. The smallest absolute Gasteiger partial charge is 0.262 e. The van der Waals surface area contributed by atoms with E-state index in [4.69, 9.17) is 4.74 Å².